The number of hydrogen-bond acceptors (Lipinski definition) is 3. The van der Waals surface area contributed by atoms with E-state index >= 15 is 0 Å². The minimum atomic E-state index is -0.306. The van der Waals surface area contributed by atoms with Gasteiger partial charge in [-0.3, -0.25) is 0 Å². The Hall–Kier alpha value is -1.06. The smallest absolute Gasteiger partial charge is 0.118 e. The van der Waals surface area contributed by atoms with Crippen molar-refractivity contribution in [1.82, 2.24) is 4.90 Å². The van der Waals surface area contributed by atoms with Gasteiger partial charge in [-0.05, 0) is 44.6 Å². The van der Waals surface area contributed by atoms with E-state index in [1.165, 1.54) is 5.56 Å². The Labute approximate surface area is 117 Å². The third kappa shape index (κ3) is 3.48. The summed E-state index contributed by atoms with van der Waals surface area (Å²) in [5.74, 6) is 0.875. The molecule has 1 aromatic rings. The van der Waals surface area contributed by atoms with Gasteiger partial charge in [0.2, 0.25) is 0 Å². The van der Waals surface area contributed by atoms with Gasteiger partial charge in [-0.25, -0.2) is 0 Å². The molecule has 0 saturated heterocycles. The number of ether oxygens (including phenoxy) is 1. The van der Waals surface area contributed by atoms with Crippen LogP contribution in [-0.2, 0) is 5.54 Å². The van der Waals surface area contributed by atoms with Crippen molar-refractivity contribution in [2.24, 2.45) is 5.73 Å². The Bertz CT molecular complexity index is 375. The molecule has 0 aliphatic carbocycles. The number of benzene rings is 1. The van der Waals surface area contributed by atoms with Gasteiger partial charge in [0.15, 0.2) is 0 Å². The highest BCUT2D eigenvalue weighted by Gasteiger charge is 2.36. The zero-order chi connectivity index (χ0) is 14.5. The van der Waals surface area contributed by atoms with E-state index in [0.29, 0.717) is 6.04 Å². The molecule has 0 fully saturated rings. The van der Waals surface area contributed by atoms with Crippen LogP contribution < -0.4 is 10.5 Å². The van der Waals surface area contributed by atoms with E-state index in [-0.39, 0.29) is 5.54 Å². The van der Waals surface area contributed by atoms with Crippen molar-refractivity contribution in [3.8, 4) is 5.75 Å². The molecule has 0 radical (unpaired) electrons. The maximum atomic E-state index is 6.79. The number of methoxy groups -OCH3 is 1. The minimum Gasteiger partial charge on any atom is -0.497 e. The molecule has 19 heavy (non-hydrogen) atoms. The number of nitrogens with two attached hydrogens (primary N) is 1. The van der Waals surface area contributed by atoms with Gasteiger partial charge in [0.1, 0.15) is 5.75 Å². The molecular weight excluding hydrogens is 236 g/mol. The minimum absolute atomic E-state index is 0.306. The topological polar surface area (TPSA) is 38.5 Å². The van der Waals surface area contributed by atoms with Gasteiger partial charge in [-0.2, -0.15) is 0 Å². The SMILES string of the molecule is CCCC(N)(c1ccc(OC)cc1)C(CC)N(C)C. The Morgan fingerprint density at radius 2 is 1.79 bits per heavy atom. The summed E-state index contributed by atoms with van der Waals surface area (Å²) >= 11 is 0. The number of hydrogen-bond donors (Lipinski definition) is 1. The molecular formula is C16H28N2O. The Morgan fingerprint density at radius 3 is 2.16 bits per heavy atom. The molecule has 2 unspecified atom stereocenters. The monoisotopic (exact) mass is 264 g/mol. The molecule has 0 spiro atoms. The van der Waals surface area contributed by atoms with Crippen molar-refractivity contribution in [1.29, 1.82) is 0 Å². The van der Waals surface area contributed by atoms with Gasteiger partial charge >= 0.3 is 0 Å². The quantitative estimate of drug-likeness (QED) is 0.823. The highest BCUT2D eigenvalue weighted by Crippen LogP contribution is 2.32. The maximum absolute atomic E-state index is 6.79. The Balaban J connectivity index is 3.15. The van der Waals surface area contributed by atoms with Crippen molar-refractivity contribution < 1.29 is 4.74 Å². The summed E-state index contributed by atoms with van der Waals surface area (Å²) in [6.45, 7) is 4.39. The molecule has 0 bridgehead atoms. The third-order valence-corrected chi connectivity index (χ3v) is 3.90. The van der Waals surface area contributed by atoms with Crippen molar-refractivity contribution in [2.45, 2.75) is 44.7 Å². The summed E-state index contributed by atoms with van der Waals surface area (Å²) < 4.78 is 5.22. The standard InChI is InChI=1S/C16H28N2O/c1-6-12-16(17,15(7-2)18(3)4)13-8-10-14(19-5)11-9-13/h8-11,15H,6-7,12,17H2,1-5H3. The van der Waals surface area contributed by atoms with Crippen molar-refractivity contribution in [2.75, 3.05) is 21.2 Å². The molecule has 2 atom stereocenters. The predicted molar refractivity (Wildman–Crippen MR) is 81.5 cm³/mol. The molecule has 0 saturated carbocycles. The van der Waals surface area contributed by atoms with Crippen molar-refractivity contribution in [3.63, 3.8) is 0 Å². The summed E-state index contributed by atoms with van der Waals surface area (Å²) in [6.07, 6.45) is 3.10. The lowest BCUT2D eigenvalue weighted by Gasteiger charge is -2.41. The second-order valence-corrected chi connectivity index (χ2v) is 5.41. The molecule has 1 aromatic carbocycles. The highest BCUT2D eigenvalue weighted by atomic mass is 16.5. The zero-order valence-electron chi connectivity index (χ0n) is 12.9. The maximum Gasteiger partial charge on any atom is 0.118 e. The molecule has 2 N–H and O–H groups in total. The van der Waals surface area contributed by atoms with Gasteiger partial charge in [-0.1, -0.05) is 32.4 Å². The van der Waals surface area contributed by atoms with Gasteiger partial charge in [0.25, 0.3) is 0 Å². The third-order valence-electron chi connectivity index (χ3n) is 3.90. The Morgan fingerprint density at radius 1 is 1.21 bits per heavy atom. The van der Waals surface area contributed by atoms with Crippen LogP contribution >= 0.6 is 0 Å². The lowest BCUT2D eigenvalue weighted by molar-refractivity contribution is 0.159. The van der Waals surface area contributed by atoms with Crippen LogP contribution in [0.2, 0.25) is 0 Å². The molecule has 0 aromatic heterocycles. The molecule has 0 aliphatic rings. The second-order valence-electron chi connectivity index (χ2n) is 5.41. The molecule has 3 heteroatoms. The van der Waals surface area contributed by atoms with Crippen LogP contribution in [0.25, 0.3) is 0 Å². The van der Waals surface area contributed by atoms with Crippen molar-refractivity contribution >= 4 is 0 Å². The predicted octanol–water partition coefficient (Wildman–Crippen LogP) is 2.99. The van der Waals surface area contributed by atoms with Crippen LogP contribution in [0.1, 0.15) is 38.7 Å². The summed E-state index contributed by atoms with van der Waals surface area (Å²) in [5.41, 5.74) is 7.68. The summed E-state index contributed by atoms with van der Waals surface area (Å²) in [4.78, 5) is 2.24. The van der Waals surface area contributed by atoms with E-state index in [1.54, 1.807) is 7.11 Å². The highest BCUT2D eigenvalue weighted by molar-refractivity contribution is 5.33. The largest absolute Gasteiger partial charge is 0.497 e. The van der Waals surface area contributed by atoms with Gasteiger partial charge in [-0.15, -0.1) is 0 Å². The first-order valence-electron chi connectivity index (χ1n) is 7.09. The fraction of sp³-hybridized carbons (Fsp3) is 0.625. The van der Waals surface area contributed by atoms with Crippen LogP contribution in [0.15, 0.2) is 24.3 Å². The fourth-order valence-corrected chi connectivity index (χ4v) is 3.01. The van der Waals surface area contributed by atoms with Crippen LogP contribution in [0.3, 0.4) is 0 Å². The molecule has 0 aliphatic heterocycles. The normalized spacial score (nSPS) is 16.2. The van der Waals surface area contributed by atoms with Crippen molar-refractivity contribution in [3.05, 3.63) is 29.8 Å². The van der Waals surface area contributed by atoms with Gasteiger partial charge in [0, 0.05) is 6.04 Å². The summed E-state index contributed by atoms with van der Waals surface area (Å²) in [5, 5.41) is 0. The van der Waals surface area contributed by atoms with Crippen LogP contribution in [0.5, 0.6) is 5.75 Å². The van der Waals surface area contributed by atoms with Crippen LogP contribution in [0.4, 0.5) is 0 Å². The molecule has 108 valence electrons. The first kappa shape index (κ1) is 16.0. The van der Waals surface area contributed by atoms with E-state index in [0.717, 1.165) is 25.0 Å². The summed E-state index contributed by atoms with van der Waals surface area (Å²) in [6, 6.07) is 8.52. The number of likely N-dealkylation sites (N-methyl/N-ethyl adjacent to an activating group) is 1. The van der Waals surface area contributed by atoms with E-state index in [9.17, 15) is 0 Å². The molecule has 1 rings (SSSR count). The lowest BCUT2D eigenvalue weighted by atomic mass is 9.78. The van der Waals surface area contributed by atoms with Gasteiger partial charge in [0.05, 0.1) is 12.6 Å². The summed E-state index contributed by atoms with van der Waals surface area (Å²) in [7, 11) is 5.90. The van der Waals surface area contributed by atoms with E-state index in [2.05, 4.69) is 45.0 Å². The molecule has 0 heterocycles. The zero-order valence-corrected chi connectivity index (χ0v) is 12.9. The molecule has 3 nitrogen and oxygen atoms in total. The number of nitrogens with zero attached hydrogens (tertiary/aromatic N) is 1. The van der Waals surface area contributed by atoms with Crippen LogP contribution in [-0.4, -0.2) is 32.1 Å². The number of rotatable bonds is 7. The average molecular weight is 264 g/mol. The van der Waals surface area contributed by atoms with Crippen LogP contribution in [0, 0.1) is 0 Å². The van der Waals surface area contributed by atoms with E-state index < -0.39 is 0 Å². The lowest BCUT2D eigenvalue weighted by Crippen LogP contribution is -2.53. The van der Waals surface area contributed by atoms with Gasteiger partial charge < -0.3 is 15.4 Å². The molecule has 0 amide bonds. The average Bonchev–Trinajstić information content (AvgIpc) is 2.39. The fourth-order valence-electron chi connectivity index (χ4n) is 3.01. The second kappa shape index (κ2) is 6.92. The first-order valence-corrected chi connectivity index (χ1v) is 7.09. The first-order chi connectivity index (χ1) is 8.99. The van der Waals surface area contributed by atoms with E-state index in [1.807, 2.05) is 12.1 Å². The Kier molecular flexibility index (Phi) is 5.83. The van der Waals surface area contributed by atoms with E-state index in [4.69, 9.17) is 10.5 Å².